The molecule has 362 valence electrons. The Hall–Kier alpha value is -8.02. The number of imidazole rings is 1. The Morgan fingerprint density at radius 1 is 0.493 bits per heavy atom. The summed E-state index contributed by atoms with van der Waals surface area (Å²) in [7, 11) is 0. The van der Waals surface area contributed by atoms with Gasteiger partial charge >= 0.3 is 0 Å². The molecule has 8 aromatic carbocycles. The largest absolute Gasteiger partial charge is 0.458 e. The molecule has 1 unspecified atom stereocenters. The predicted octanol–water partition coefficient (Wildman–Crippen LogP) is 17.7. The number of hydrogen-bond donors (Lipinski definition) is 0. The number of rotatable bonds is 9. The van der Waals surface area contributed by atoms with E-state index in [0.717, 1.165) is 84.0 Å². The highest BCUT2D eigenvalue weighted by molar-refractivity contribution is 6.09. The van der Waals surface area contributed by atoms with Crippen LogP contribution in [0, 0.1) is 11.7 Å². The van der Waals surface area contributed by atoms with E-state index in [-0.39, 0.29) is 16.2 Å². The number of para-hydroxylation sites is 2. The van der Waals surface area contributed by atoms with Crippen molar-refractivity contribution in [3.63, 3.8) is 0 Å². The summed E-state index contributed by atoms with van der Waals surface area (Å²) >= 11 is 0. The van der Waals surface area contributed by atoms with Gasteiger partial charge in [-0.05, 0) is 127 Å². The van der Waals surface area contributed by atoms with Crippen LogP contribution in [0.15, 0.2) is 200 Å². The monoisotopic (exact) mass is 953 g/mol. The molecule has 3 heterocycles. The van der Waals surface area contributed by atoms with E-state index in [0.29, 0.717) is 5.92 Å². The maximum Gasteiger partial charge on any atom is 0.269 e. The zero-order valence-corrected chi connectivity index (χ0v) is 43.8. The molecule has 0 bridgehead atoms. The van der Waals surface area contributed by atoms with Gasteiger partial charge < -0.3 is 4.74 Å². The molecule has 3 aromatic heterocycles. The second kappa shape index (κ2) is 18.2. The first-order valence-electron chi connectivity index (χ1n) is 25.7. The molecule has 0 fully saturated rings. The van der Waals surface area contributed by atoms with Gasteiger partial charge in [-0.25, -0.2) is 4.98 Å². The number of fused-ring (bicyclic) bond motifs is 4. The first kappa shape index (κ1) is 47.3. The van der Waals surface area contributed by atoms with Crippen LogP contribution in [0.2, 0.25) is 0 Å². The molecular formula is C68H64N4O. The number of hydrogen-bond acceptors (Lipinski definition) is 2. The van der Waals surface area contributed by atoms with E-state index >= 15 is 0 Å². The Labute approximate surface area is 431 Å². The van der Waals surface area contributed by atoms with Gasteiger partial charge in [0.1, 0.15) is 17.3 Å². The van der Waals surface area contributed by atoms with Crippen molar-refractivity contribution in [1.29, 1.82) is 0 Å². The Bertz CT molecular complexity index is 3810. The lowest BCUT2D eigenvalue weighted by Gasteiger charge is -2.27. The molecule has 5 heteroatoms. The van der Waals surface area contributed by atoms with Crippen LogP contribution in [0.1, 0.15) is 91.8 Å². The molecule has 11 aromatic rings. The topological polar surface area (TPSA) is 35.9 Å². The highest BCUT2D eigenvalue weighted by Crippen LogP contribution is 2.41. The Kier molecular flexibility index (Phi) is 11.8. The summed E-state index contributed by atoms with van der Waals surface area (Å²) in [5.74, 6) is 2.70. The molecule has 11 rings (SSSR count). The van der Waals surface area contributed by atoms with Gasteiger partial charge in [-0.15, -0.1) is 0 Å². The minimum Gasteiger partial charge on any atom is -0.458 e. The fourth-order valence-electron chi connectivity index (χ4n) is 10.2. The highest BCUT2D eigenvalue weighted by Gasteiger charge is 2.26. The molecule has 5 nitrogen and oxygen atoms in total. The van der Waals surface area contributed by atoms with E-state index < -0.39 is 0 Å². The Balaban J connectivity index is 1.08. The number of nitrogens with zero attached hydrogens (tertiary/aromatic N) is 4. The Morgan fingerprint density at radius 2 is 1.12 bits per heavy atom. The average molecular weight is 953 g/mol. The van der Waals surface area contributed by atoms with Crippen molar-refractivity contribution in [3.8, 4) is 62.1 Å². The molecule has 0 amide bonds. The third-order valence-electron chi connectivity index (χ3n) is 14.8. The smallest absolute Gasteiger partial charge is 0.269 e. The molecule has 0 saturated heterocycles. The molecule has 0 aliphatic heterocycles. The predicted molar refractivity (Wildman–Crippen MR) is 304 cm³/mol. The van der Waals surface area contributed by atoms with E-state index in [4.69, 9.17) is 9.72 Å². The van der Waals surface area contributed by atoms with Gasteiger partial charge in [0.05, 0.1) is 33.4 Å². The van der Waals surface area contributed by atoms with Crippen LogP contribution in [-0.2, 0) is 10.8 Å². The fourth-order valence-corrected chi connectivity index (χ4v) is 10.2. The summed E-state index contributed by atoms with van der Waals surface area (Å²) in [5.41, 5.74) is 16.9. The molecule has 0 aliphatic rings. The zero-order chi connectivity index (χ0) is 50.8. The van der Waals surface area contributed by atoms with Crippen molar-refractivity contribution >= 4 is 32.8 Å². The SMILES string of the molecule is CC(c1ccnc(-n2c3ccccc3c3ccc(Oc4cccc(-n5[c-][n+](-c6c(-c7ccccc7)cccc6-c6cc(C(C)(C)C)cc(C(C)(C)C)c6)c6cc(-c7ccccc7)ccc65)c4)cc32)c1)C(C)(C)C. The van der Waals surface area contributed by atoms with E-state index in [1.807, 2.05) is 12.3 Å². The second-order valence-corrected chi connectivity index (χ2v) is 22.9. The molecule has 1 atom stereocenters. The summed E-state index contributed by atoms with van der Waals surface area (Å²) in [4.78, 5) is 4.96. The van der Waals surface area contributed by atoms with E-state index in [2.05, 4.69) is 277 Å². The lowest BCUT2D eigenvalue weighted by Crippen LogP contribution is -2.31. The van der Waals surface area contributed by atoms with E-state index in [9.17, 15) is 0 Å². The lowest BCUT2D eigenvalue weighted by atomic mass is 9.78. The third kappa shape index (κ3) is 9.03. The van der Waals surface area contributed by atoms with Crippen molar-refractivity contribution in [3.05, 3.63) is 223 Å². The molecule has 0 saturated carbocycles. The molecule has 0 N–H and O–H groups in total. The van der Waals surface area contributed by atoms with E-state index in [1.165, 1.54) is 27.6 Å². The summed E-state index contributed by atoms with van der Waals surface area (Å²) in [5, 5.41) is 2.32. The van der Waals surface area contributed by atoms with Crippen LogP contribution in [-0.4, -0.2) is 14.1 Å². The normalized spacial score (nSPS) is 12.7. The van der Waals surface area contributed by atoms with Crippen molar-refractivity contribution in [2.45, 2.75) is 86.0 Å². The zero-order valence-electron chi connectivity index (χ0n) is 43.8. The standard InChI is InChI=1S/C68H64N4O/c1-45(66(2,3)4)48-35-36-69-64(40-48)72-60-30-18-17-27-58(60)59-33-32-55(43-62(59)72)73-54-26-19-25-53(42-54)70-44-71(63-39-49(31-34-61(63)70)46-21-13-11-14-22-46)65-56(47-23-15-12-16-24-47)28-20-29-57(65)50-37-51(67(5,6)7)41-52(38-50)68(8,9)10/h11-43,45H,1-10H3. The van der Waals surface area contributed by atoms with Gasteiger partial charge in [0.2, 0.25) is 0 Å². The van der Waals surface area contributed by atoms with Crippen LogP contribution in [0.25, 0.3) is 83.4 Å². The molecule has 73 heavy (non-hydrogen) atoms. The molecular weight excluding hydrogens is 889 g/mol. The number of aromatic nitrogens is 4. The van der Waals surface area contributed by atoms with Crippen LogP contribution in [0.5, 0.6) is 11.5 Å². The van der Waals surface area contributed by atoms with Gasteiger partial charge in [-0.2, -0.15) is 0 Å². The number of benzene rings is 8. The van der Waals surface area contributed by atoms with Crippen molar-refractivity contribution in [2.75, 3.05) is 0 Å². The molecule has 0 radical (unpaired) electrons. The van der Waals surface area contributed by atoms with Gasteiger partial charge in [-0.1, -0.05) is 203 Å². The van der Waals surface area contributed by atoms with E-state index in [1.54, 1.807) is 0 Å². The van der Waals surface area contributed by atoms with Gasteiger partial charge in [-0.3, -0.25) is 13.7 Å². The minimum absolute atomic E-state index is 0.0573. The van der Waals surface area contributed by atoms with Gasteiger partial charge in [0.15, 0.2) is 0 Å². The fraction of sp³-hybridized carbons (Fsp3) is 0.206. The first-order valence-corrected chi connectivity index (χ1v) is 25.7. The summed E-state index contributed by atoms with van der Waals surface area (Å²) < 4.78 is 13.6. The highest BCUT2D eigenvalue weighted by atomic mass is 16.5. The van der Waals surface area contributed by atoms with Gasteiger partial charge in [0, 0.05) is 23.0 Å². The average Bonchev–Trinajstić information content (AvgIpc) is 3.93. The third-order valence-corrected chi connectivity index (χ3v) is 14.8. The summed E-state index contributed by atoms with van der Waals surface area (Å²) in [6.07, 6.45) is 5.90. The van der Waals surface area contributed by atoms with Crippen LogP contribution in [0.3, 0.4) is 0 Å². The summed E-state index contributed by atoms with van der Waals surface area (Å²) in [6.45, 7) is 23.0. The minimum atomic E-state index is -0.0573. The van der Waals surface area contributed by atoms with Crippen molar-refractivity contribution < 1.29 is 9.30 Å². The maximum absolute atomic E-state index is 6.89. The first-order chi connectivity index (χ1) is 35.0. The summed E-state index contributed by atoms with van der Waals surface area (Å²) in [6, 6.07) is 69.9. The number of pyridine rings is 1. The quantitative estimate of drug-likeness (QED) is 0.107. The lowest BCUT2D eigenvalue weighted by molar-refractivity contribution is -0.571. The van der Waals surface area contributed by atoms with Crippen molar-refractivity contribution in [2.24, 2.45) is 5.41 Å². The molecule has 0 spiro atoms. The Morgan fingerprint density at radius 3 is 1.82 bits per heavy atom. The van der Waals surface area contributed by atoms with Crippen LogP contribution < -0.4 is 9.30 Å². The van der Waals surface area contributed by atoms with Crippen LogP contribution >= 0.6 is 0 Å². The second-order valence-electron chi connectivity index (χ2n) is 22.9. The maximum atomic E-state index is 6.89. The van der Waals surface area contributed by atoms with Crippen molar-refractivity contribution in [1.82, 2.24) is 14.1 Å². The van der Waals surface area contributed by atoms with Gasteiger partial charge in [0.25, 0.3) is 6.33 Å². The molecule has 0 aliphatic carbocycles. The van der Waals surface area contributed by atoms with Crippen LogP contribution in [0.4, 0.5) is 0 Å². The number of ether oxygens (including phenoxy) is 1.